The molecule has 1 aliphatic heterocycles. The number of hydrogen-bond acceptors (Lipinski definition) is 6. The van der Waals surface area contributed by atoms with Gasteiger partial charge < -0.3 is 9.30 Å². The molecule has 9 nitrogen and oxygen atoms in total. The van der Waals surface area contributed by atoms with Crippen molar-refractivity contribution in [2.75, 3.05) is 32.8 Å². The van der Waals surface area contributed by atoms with E-state index in [0.717, 1.165) is 26.5 Å². The van der Waals surface area contributed by atoms with Crippen LogP contribution >= 0.6 is 0 Å². The number of aromatic nitrogens is 2. The molecule has 0 bridgehead atoms. The molecule has 10 heteroatoms. The van der Waals surface area contributed by atoms with Crippen LogP contribution in [0, 0.1) is 6.92 Å². The molecular formula is C19H26N4O5S. The molecule has 1 aromatic heterocycles. The van der Waals surface area contributed by atoms with Crippen LogP contribution in [0.3, 0.4) is 0 Å². The summed E-state index contributed by atoms with van der Waals surface area (Å²) in [6.45, 7) is 4.61. The second kappa shape index (κ2) is 8.62. The lowest BCUT2D eigenvalue weighted by molar-refractivity contribution is 0.0172. The normalized spacial score (nSPS) is 16.7. The van der Waals surface area contributed by atoms with Gasteiger partial charge in [0.05, 0.1) is 13.2 Å². The molecule has 1 fully saturated rings. The van der Waals surface area contributed by atoms with Crippen molar-refractivity contribution in [3.63, 3.8) is 0 Å². The summed E-state index contributed by atoms with van der Waals surface area (Å²) in [5.74, 6) is 0. The first-order valence-electron chi connectivity index (χ1n) is 9.35. The minimum absolute atomic E-state index is 0.0946. The quantitative estimate of drug-likeness (QED) is 0.688. The predicted octanol–water partition coefficient (Wildman–Crippen LogP) is -0.256. The average Bonchev–Trinajstić information content (AvgIpc) is 2.71. The molecule has 0 amide bonds. The van der Waals surface area contributed by atoms with Gasteiger partial charge in [-0.3, -0.25) is 14.3 Å². The maximum Gasteiger partial charge on any atom is 0.330 e. The van der Waals surface area contributed by atoms with Crippen LogP contribution in [0.25, 0.3) is 0 Å². The Labute approximate surface area is 169 Å². The van der Waals surface area contributed by atoms with E-state index in [1.54, 1.807) is 0 Å². The van der Waals surface area contributed by atoms with Crippen molar-refractivity contribution in [2.24, 2.45) is 14.1 Å². The molecule has 1 unspecified atom stereocenters. The van der Waals surface area contributed by atoms with Gasteiger partial charge in [0, 0.05) is 46.0 Å². The van der Waals surface area contributed by atoms with Crippen molar-refractivity contribution in [1.82, 2.24) is 18.8 Å². The van der Waals surface area contributed by atoms with Gasteiger partial charge in [0.25, 0.3) is 5.56 Å². The Morgan fingerprint density at radius 2 is 1.72 bits per heavy atom. The summed E-state index contributed by atoms with van der Waals surface area (Å²) in [5, 5.41) is 0. The molecule has 0 radical (unpaired) electrons. The monoisotopic (exact) mass is 422 g/mol. The summed E-state index contributed by atoms with van der Waals surface area (Å²) in [4.78, 5) is 25.9. The minimum Gasteiger partial charge on any atom is -0.379 e. The molecule has 0 aliphatic carbocycles. The highest BCUT2D eigenvalue weighted by Crippen LogP contribution is 2.22. The Bertz CT molecular complexity index is 1080. The maximum absolute atomic E-state index is 12.9. The number of ether oxygens (including phenoxy) is 1. The van der Waals surface area contributed by atoms with Gasteiger partial charge >= 0.3 is 5.69 Å². The summed E-state index contributed by atoms with van der Waals surface area (Å²) in [5.41, 5.74) is 0.663. The molecule has 1 N–H and O–H groups in total. The van der Waals surface area contributed by atoms with Crippen LogP contribution in [0.15, 0.2) is 44.9 Å². The fourth-order valence-corrected chi connectivity index (χ4v) is 4.56. The van der Waals surface area contributed by atoms with E-state index in [9.17, 15) is 18.0 Å². The lowest BCUT2D eigenvalue weighted by atomic mass is 10.0. The largest absolute Gasteiger partial charge is 0.379 e. The second-order valence-electron chi connectivity index (χ2n) is 7.18. The van der Waals surface area contributed by atoms with Crippen LogP contribution < -0.4 is 16.0 Å². The van der Waals surface area contributed by atoms with E-state index in [2.05, 4.69) is 9.62 Å². The number of rotatable bonds is 6. The molecular weight excluding hydrogens is 396 g/mol. The molecule has 3 rings (SSSR count). The number of nitrogens with one attached hydrogen (secondary N) is 1. The van der Waals surface area contributed by atoms with E-state index in [4.69, 9.17) is 4.74 Å². The summed E-state index contributed by atoms with van der Waals surface area (Å²) >= 11 is 0. The molecule has 158 valence electrons. The van der Waals surface area contributed by atoms with Crippen molar-refractivity contribution in [3.8, 4) is 0 Å². The van der Waals surface area contributed by atoms with Crippen LogP contribution in [0.2, 0.25) is 0 Å². The lowest BCUT2D eigenvalue weighted by Gasteiger charge is -2.35. The lowest BCUT2D eigenvalue weighted by Crippen LogP contribution is -2.45. The maximum atomic E-state index is 12.9. The molecule has 1 aliphatic rings. The van der Waals surface area contributed by atoms with Crippen LogP contribution in [-0.4, -0.2) is 55.3 Å². The fourth-order valence-electron chi connectivity index (χ4n) is 3.36. The zero-order chi connectivity index (χ0) is 21.2. The van der Waals surface area contributed by atoms with E-state index in [0.29, 0.717) is 26.3 Å². The highest BCUT2D eigenvalue weighted by molar-refractivity contribution is 7.89. The van der Waals surface area contributed by atoms with Crippen molar-refractivity contribution in [3.05, 3.63) is 62.4 Å². The van der Waals surface area contributed by atoms with E-state index in [1.807, 2.05) is 31.2 Å². The van der Waals surface area contributed by atoms with Crippen LogP contribution in [0.5, 0.6) is 0 Å². The summed E-state index contributed by atoms with van der Waals surface area (Å²) in [6.07, 6.45) is 1.06. The predicted molar refractivity (Wildman–Crippen MR) is 108 cm³/mol. The Morgan fingerprint density at radius 3 is 2.34 bits per heavy atom. The van der Waals surface area contributed by atoms with Gasteiger partial charge in [0.2, 0.25) is 10.0 Å². The van der Waals surface area contributed by atoms with Gasteiger partial charge in [-0.1, -0.05) is 29.8 Å². The summed E-state index contributed by atoms with van der Waals surface area (Å²) in [6, 6.07) is 7.73. The third kappa shape index (κ3) is 4.67. The molecule has 2 aromatic rings. The van der Waals surface area contributed by atoms with Crippen molar-refractivity contribution in [2.45, 2.75) is 17.9 Å². The average molecular weight is 423 g/mol. The topological polar surface area (TPSA) is 103 Å². The smallest absolute Gasteiger partial charge is 0.330 e. The van der Waals surface area contributed by atoms with Gasteiger partial charge in [-0.15, -0.1) is 0 Å². The number of sulfonamides is 1. The third-order valence-electron chi connectivity index (χ3n) is 5.12. The molecule has 29 heavy (non-hydrogen) atoms. The van der Waals surface area contributed by atoms with E-state index >= 15 is 0 Å². The first kappa shape index (κ1) is 21.4. The first-order valence-corrected chi connectivity index (χ1v) is 10.8. The van der Waals surface area contributed by atoms with Crippen LogP contribution in [-0.2, 0) is 28.9 Å². The molecule has 2 heterocycles. The van der Waals surface area contributed by atoms with Gasteiger partial charge in [0.1, 0.15) is 0 Å². The minimum atomic E-state index is -4.10. The van der Waals surface area contributed by atoms with Crippen molar-refractivity contribution in [1.29, 1.82) is 0 Å². The zero-order valence-electron chi connectivity index (χ0n) is 16.8. The number of benzene rings is 1. The fraction of sp³-hybridized carbons (Fsp3) is 0.474. The number of morpholine rings is 1. The van der Waals surface area contributed by atoms with Crippen molar-refractivity contribution < 1.29 is 13.2 Å². The Balaban J connectivity index is 1.89. The first-order chi connectivity index (χ1) is 13.7. The van der Waals surface area contributed by atoms with Crippen LogP contribution in [0.4, 0.5) is 0 Å². The third-order valence-corrected chi connectivity index (χ3v) is 6.53. The van der Waals surface area contributed by atoms with Gasteiger partial charge in [0.15, 0.2) is 4.90 Å². The van der Waals surface area contributed by atoms with Gasteiger partial charge in [-0.25, -0.2) is 17.9 Å². The molecule has 1 aromatic carbocycles. The van der Waals surface area contributed by atoms with E-state index in [1.165, 1.54) is 14.1 Å². The number of aryl methyl sites for hydroxylation is 2. The molecule has 0 saturated carbocycles. The number of nitrogens with zero attached hydrogens (tertiary/aromatic N) is 3. The van der Waals surface area contributed by atoms with E-state index in [-0.39, 0.29) is 12.6 Å². The van der Waals surface area contributed by atoms with E-state index < -0.39 is 26.2 Å². The molecule has 0 spiro atoms. The molecule has 1 atom stereocenters. The zero-order valence-corrected chi connectivity index (χ0v) is 17.6. The summed E-state index contributed by atoms with van der Waals surface area (Å²) < 4.78 is 35.6. The highest BCUT2D eigenvalue weighted by atomic mass is 32.2. The molecule has 1 saturated heterocycles. The Kier molecular flexibility index (Phi) is 6.37. The highest BCUT2D eigenvalue weighted by Gasteiger charge is 2.27. The number of hydrogen-bond donors (Lipinski definition) is 1. The van der Waals surface area contributed by atoms with Crippen molar-refractivity contribution >= 4 is 10.0 Å². The van der Waals surface area contributed by atoms with Gasteiger partial charge in [-0.05, 0) is 12.5 Å². The standard InChI is InChI=1S/C19H26N4O5S/c1-14-4-6-15(7-5-14)16(23-8-10-28-11-9-23)12-20-29(26,27)17-13-21(2)19(25)22(3)18(17)24/h4-7,13,16,20H,8-12H2,1-3H3. The van der Waals surface area contributed by atoms with Crippen LogP contribution in [0.1, 0.15) is 17.2 Å². The Morgan fingerprint density at radius 1 is 1.10 bits per heavy atom. The summed E-state index contributed by atoms with van der Waals surface area (Å²) in [7, 11) is -1.44. The second-order valence-corrected chi connectivity index (χ2v) is 8.91. The van der Waals surface area contributed by atoms with Gasteiger partial charge in [-0.2, -0.15) is 0 Å². The Hall–Kier alpha value is -2.27. The SMILES string of the molecule is Cc1ccc(C(CNS(=O)(=O)c2cn(C)c(=O)n(C)c2=O)N2CCOCC2)cc1.